The van der Waals surface area contributed by atoms with Crippen molar-refractivity contribution >= 4 is 11.3 Å². The van der Waals surface area contributed by atoms with Crippen molar-refractivity contribution in [2.75, 3.05) is 39.4 Å². The summed E-state index contributed by atoms with van der Waals surface area (Å²) in [4.78, 5) is 6.87. The molecule has 0 bridgehead atoms. The maximum Gasteiger partial charge on any atom is 0.120 e. The Hall–Kier alpha value is -0.940. The molecule has 0 aromatic carbocycles. The van der Waals surface area contributed by atoms with Gasteiger partial charge in [0.1, 0.15) is 5.60 Å². The number of aliphatic hydroxyl groups excluding tert-OH is 1. The molecular weight excluding hydrogens is 324 g/mol. The third kappa shape index (κ3) is 4.79. The molecule has 1 aromatic rings. The Labute approximate surface area is 147 Å². The fraction of sp³-hybridized carbons (Fsp3) is 0.667. The number of rotatable bonds is 3. The lowest BCUT2D eigenvalue weighted by Crippen LogP contribution is -2.48. The lowest BCUT2D eigenvalue weighted by Gasteiger charge is -2.33. The van der Waals surface area contributed by atoms with Crippen LogP contribution in [0.4, 0.5) is 0 Å². The van der Waals surface area contributed by atoms with E-state index in [1.54, 1.807) is 25.2 Å². The normalized spacial score (nSPS) is 26.3. The van der Waals surface area contributed by atoms with E-state index in [2.05, 4.69) is 27.7 Å². The largest absolute Gasteiger partial charge is 0.390 e. The predicted molar refractivity (Wildman–Crippen MR) is 95.0 cm³/mol. The maximum absolute atomic E-state index is 10.4. The number of thiophene rings is 1. The number of β-amino-alcohol motifs (C(OH)–C–C–N with tert-alkyl or cyclic N) is 1. The van der Waals surface area contributed by atoms with Crippen molar-refractivity contribution in [3.05, 3.63) is 21.9 Å². The minimum absolute atomic E-state index is 0.211. The second-order valence-corrected chi connectivity index (χ2v) is 8.22. The molecule has 2 aliphatic rings. The van der Waals surface area contributed by atoms with Crippen molar-refractivity contribution in [3.8, 4) is 11.8 Å². The molecule has 2 saturated heterocycles. The van der Waals surface area contributed by atoms with Crippen molar-refractivity contribution in [2.45, 2.75) is 38.1 Å². The van der Waals surface area contributed by atoms with Gasteiger partial charge in [0, 0.05) is 43.6 Å². The summed E-state index contributed by atoms with van der Waals surface area (Å²) in [6.07, 6.45) is -0.294. The number of morpholine rings is 1. The topological polar surface area (TPSA) is 56.2 Å². The van der Waals surface area contributed by atoms with Gasteiger partial charge in [-0.1, -0.05) is 11.8 Å². The molecular formula is C18H26N2O3S. The molecule has 0 radical (unpaired) electrons. The maximum atomic E-state index is 10.4. The lowest BCUT2D eigenvalue weighted by atomic mass is 10.1. The molecule has 1 aromatic heterocycles. The van der Waals surface area contributed by atoms with Crippen molar-refractivity contribution in [1.82, 2.24) is 9.80 Å². The Kier molecular flexibility index (Phi) is 5.60. The Morgan fingerprint density at radius 3 is 2.75 bits per heavy atom. The van der Waals surface area contributed by atoms with Crippen LogP contribution in [-0.2, 0) is 11.3 Å². The van der Waals surface area contributed by atoms with Gasteiger partial charge < -0.3 is 14.9 Å². The van der Waals surface area contributed by atoms with Crippen LogP contribution in [0.2, 0.25) is 0 Å². The monoisotopic (exact) mass is 350 g/mol. The van der Waals surface area contributed by atoms with Crippen LogP contribution in [-0.4, -0.2) is 77.2 Å². The summed E-state index contributed by atoms with van der Waals surface area (Å²) in [5.74, 6) is 5.87. The van der Waals surface area contributed by atoms with Crippen LogP contribution in [0.1, 0.15) is 23.6 Å². The average molecular weight is 350 g/mol. The van der Waals surface area contributed by atoms with Gasteiger partial charge in [-0.05, 0) is 26.0 Å². The first kappa shape index (κ1) is 17.9. The quantitative estimate of drug-likeness (QED) is 0.788. The number of nitrogens with zero attached hydrogens (tertiary/aromatic N) is 2. The number of hydrogen-bond donors (Lipinski definition) is 2. The minimum Gasteiger partial charge on any atom is -0.390 e. The second-order valence-electron chi connectivity index (χ2n) is 7.05. The van der Waals surface area contributed by atoms with Crippen molar-refractivity contribution < 1.29 is 14.9 Å². The van der Waals surface area contributed by atoms with Gasteiger partial charge >= 0.3 is 0 Å². The number of hydrogen-bond acceptors (Lipinski definition) is 6. The SMILES string of the molecule is CC(C)(O)C#Cc1ccc(CN2C[C@@H](O)[C@H](N3CCOCC3)C2)s1. The van der Waals surface area contributed by atoms with Gasteiger partial charge in [0.25, 0.3) is 0 Å². The Morgan fingerprint density at radius 2 is 2.04 bits per heavy atom. The van der Waals surface area contributed by atoms with Crippen molar-refractivity contribution in [1.29, 1.82) is 0 Å². The third-order valence-corrected chi connectivity index (χ3v) is 5.37. The van der Waals surface area contributed by atoms with Crippen LogP contribution < -0.4 is 0 Å². The number of likely N-dealkylation sites (tertiary alicyclic amines) is 1. The van der Waals surface area contributed by atoms with E-state index < -0.39 is 5.60 Å². The van der Waals surface area contributed by atoms with Crippen LogP contribution in [0, 0.1) is 11.8 Å². The first-order valence-corrected chi connectivity index (χ1v) is 9.29. The van der Waals surface area contributed by atoms with Gasteiger partial charge in [0.15, 0.2) is 0 Å². The molecule has 6 heteroatoms. The van der Waals surface area contributed by atoms with Gasteiger partial charge in [-0.25, -0.2) is 0 Å². The summed E-state index contributed by atoms with van der Waals surface area (Å²) < 4.78 is 5.40. The molecule has 2 N–H and O–H groups in total. The predicted octanol–water partition coefficient (Wildman–Crippen LogP) is 0.748. The van der Waals surface area contributed by atoms with Crippen LogP contribution in [0.5, 0.6) is 0 Å². The van der Waals surface area contributed by atoms with Crippen molar-refractivity contribution in [2.24, 2.45) is 0 Å². The molecule has 132 valence electrons. The van der Waals surface area contributed by atoms with E-state index in [9.17, 15) is 10.2 Å². The van der Waals surface area contributed by atoms with Crippen LogP contribution in [0.15, 0.2) is 12.1 Å². The molecule has 2 atom stereocenters. The van der Waals surface area contributed by atoms with E-state index in [-0.39, 0.29) is 12.1 Å². The summed E-state index contributed by atoms with van der Waals surface area (Å²) >= 11 is 1.66. The minimum atomic E-state index is -0.964. The molecule has 0 amide bonds. The lowest BCUT2D eigenvalue weighted by molar-refractivity contribution is -0.00618. The average Bonchev–Trinajstić information content (AvgIpc) is 3.12. The molecule has 0 saturated carbocycles. The molecule has 2 aliphatic heterocycles. The van der Waals surface area contributed by atoms with Crippen LogP contribution >= 0.6 is 11.3 Å². The highest BCUT2D eigenvalue weighted by atomic mass is 32.1. The number of ether oxygens (including phenoxy) is 1. The van der Waals surface area contributed by atoms with Crippen molar-refractivity contribution in [3.63, 3.8) is 0 Å². The van der Waals surface area contributed by atoms with E-state index in [0.717, 1.165) is 44.3 Å². The highest BCUT2D eigenvalue weighted by molar-refractivity contribution is 7.12. The van der Waals surface area contributed by atoms with E-state index in [1.165, 1.54) is 4.88 Å². The first-order valence-electron chi connectivity index (χ1n) is 8.47. The fourth-order valence-corrected chi connectivity index (χ4v) is 4.11. The molecule has 0 spiro atoms. The number of aliphatic hydroxyl groups is 2. The van der Waals surface area contributed by atoms with Crippen LogP contribution in [0.3, 0.4) is 0 Å². The zero-order valence-corrected chi connectivity index (χ0v) is 15.2. The molecule has 3 rings (SSSR count). The summed E-state index contributed by atoms with van der Waals surface area (Å²) in [6.45, 7) is 9.16. The molecule has 2 fully saturated rings. The Morgan fingerprint density at radius 1 is 1.29 bits per heavy atom. The fourth-order valence-electron chi connectivity index (χ4n) is 3.21. The highest BCUT2D eigenvalue weighted by Crippen LogP contribution is 2.23. The zero-order valence-electron chi connectivity index (χ0n) is 14.4. The van der Waals surface area contributed by atoms with Gasteiger partial charge in [0.05, 0.1) is 24.2 Å². The summed E-state index contributed by atoms with van der Waals surface area (Å²) in [7, 11) is 0. The van der Waals surface area contributed by atoms with Gasteiger partial charge in [-0.3, -0.25) is 9.80 Å². The highest BCUT2D eigenvalue weighted by Gasteiger charge is 2.36. The third-order valence-electron chi connectivity index (χ3n) is 4.38. The second kappa shape index (κ2) is 7.52. The molecule has 3 heterocycles. The first-order chi connectivity index (χ1) is 11.4. The van der Waals surface area contributed by atoms with E-state index in [1.807, 2.05) is 6.07 Å². The standard InChI is InChI=1S/C18H26N2O3S/c1-18(2,22)6-5-14-3-4-15(24-14)11-19-12-16(17(21)13-19)20-7-9-23-10-8-20/h3-4,16-17,21-22H,7-13H2,1-2H3/t16-,17-/m1/s1. The van der Waals surface area contributed by atoms with E-state index >= 15 is 0 Å². The molecule has 5 nitrogen and oxygen atoms in total. The Bertz CT molecular complexity index is 608. The van der Waals surface area contributed by atoms with E-state index in [0.29, 0.717) is 6.54 Å². The summed E-state index contributed by atoms with van der Waals surface area (Å²) in [6, 6.07) is 4.31. The summed E-state index contributed by atoms with van der Waals surface area (Å²) in [5.41, 5.74) is -0.964. The Balaban J connectivity index is 1.57. The molecule has 0 unspecified atom stereocenters. The van der Waals surface area contributed by atoms with Gasteiger partial charge in [-0.15, -0.1) is 11.3 Å². The summed E-state index contributed by atoms with van der Waals surface area (Å²) in [5, 5.41) is 20.1. The van der Waals surface area contributed by atoms with E-state index in [4.69, 9.17) is 4.74 Å². The van der Waals surface area contributed by atoms with Gasteiger partial charge in [-0.2, -0.15) is 0 Å². The molecule has 0 aliphatic carbocycles. The zero-order chi connectivity index (χ0) is 17.2. The molecule has 24 heavy (non-hydrogen) atoms. The van der Waals surface area contributed by atoms with Crippen LogP contribution in [0.25, 0.3) is 0 Å². The van der Waals surface area contributed by atoms with Gasteiger partial charge in [0.2, 0.25) is 0 Å². The smallest absolute Gasteiger partial charge is 0.120 e.